The summed E-state index contributed by atoms with van der Waals surface area (Å²) in [5, 5.41) is 0. The quantitative estimate of drug-likeness (QED) is 0.690. The molecule has 2 aromatic carbocycles. The van der Waals surface area contributed by atoms with Crippen molar-refractivity contribution in [1.29, 1.82) is 0 Å². The van der Waals surface area contributed by atoms with Crippen LogP contribution in [0.25, 0.3) is 0 Å². The number of hydrogen-bond donors (Lipinski definition) is 1. The van der Waals surface area contributed by atoms with Crippen molar-refractivity contribution >= 4 is 5.91 Å². The lowest BCUT2D eigenvalue weighted by Crippen LogP contribution is -3.11. The van der Waals surface area contributed by atoms with E-state index >= 15 is 0 Å². The topological polar surface area (TPSA) is 43.2 Å². The van der Waals surface area contributed by atoms with Crippen molar-refractivity contribution in [3.05, 3.63) is 59.7 Å². The fraction of sp³-hybridized carbons (Fsp3) is 0.480. The number of piperidine rings is 1. The van der Waals surface area contributed by atoms with Crippen molar-refractivity contribution in [2.75, 3.05) is 33.3 Å². The summed E-state index contributed by atoms with van der Waals surface area (Å²) < 4.78 is 11.5. The molecule has 0 atom stereocenters. The molecule has 1 fully saturated rings. The van der Waals surface area contributed by atoms with Crippen LogP contribution in [0, 0.1) is 5.92 Å². The third-order valence-corrected chi connectivity index (χ3v) is 6.04. The highest BCUT2D eigenvalue weighted by atomic mass is 16.5. The Morgan fingerprint density at radius 1 is 1.00 bits per heavy atom. The molecule has 5 heteroatoms. The SMILES string of the molecule is CCN(CC)C(=O)C1CC[NH+](Cc2ccc(OCc3ccccc3)c(OC)c2)CC1. The first-order valence-electron chi connectivity index (χ1n) is 11.1. The maximum Gasteiger partial charge on any atom is 0.226 e. The number of methoxy groups -OCH3 is 1. The van der Waals surface area contributed by atoms with E-state index in [0.29, 0.717) is 12.5 Å². The summed E-state index contributed by atoms with van der Waals surface area (Å²) in [7, 11) is 1.69. The Morgan fingerprint density at radius 2 is 1.70 bits per heavy atom. The van der Waals surface area contributed by atoms with Gasteiger partial charge in [-0.2, -0.15) is 0 Å². The summed E-state index contributed by atoms with van der Waals surface area (Å²) in [5.74, 6) is 2.07. The number of carbonyl (C=O) groups is 1. The number of amides is 1. The van der Waals surface area contributed by atoms with Gasteiger partial charge in [-0.3, -0.25) is 4.79 Å². The van der Waals surface area contributed by atoms with E-state index in [-0.39, 0.29) is 5.92 Å². The van der Waals surface area contributed by atoms with Crippen LogP contribution >= 0.6 is 0 Å². The third-order valence-electron chi connectivity index (χ3n) is 6.04. The van der Waals surface area contributed by atoms with E-state index in [0.717, 1.165) is 62.6 Å². The molecule has 1 heterocycles. The standard InChI is InChI=1S/C25H34N2O3/c1-4-27(5-2)25(28)22-13-15-26(16-14-22)18-21-11-12-23(24(17-21)29-3)30-19-20-9-7-6-8-10-20/h6-12,17,22H,4-5,13-16,18-19H2,1-3H3/p+1. The first-order valence-corrected chi connectivity index (χ1v) is 11.1. The summed E-state index contributed by atoms with van der Waals surface area (Å²) in [6, 6.07) is 16.4. The Bertz CT molecular complexity index is 797. The first-order chi connectivity index (χ1) is 14.6. The number of likely N-dealkylation sites (tertiary alicyclic amines) is 1. The van der Waals surface area contributed by atoms with Crippen LogP contribution in [0.5, 0.6) is 11.5 Å². The van der Waals surface area contributed by atoms with Gasteiger partial charge < -0.3 is 19.3 Å². The van der Waals surface area contributed by atoms with E-state index in [1.807, 2.05) is 29.2 Å². The first kappa shape index (κ1) is 22.2. The smallest absolute Gasteiger partial charge is 0.226 e. The monoisotopic (exact) mass is 411 g/mol. The predicted molar refractivity (Wildman–Crippen MR) is 119 cm³/mol. The Balaban J connectivity index is 1.54. The lowest BCUT2D eigenvalue weighted by atomic mass is 9.95. The Morgan fingerprint density at radius 3 is 2.33 bits per heavy atom. The van der Waals surface area contributed by atoms with E-state index in [1.54, 1.807) is 7.11 Å². The highest BCUT2D eigenvalue weighted by Crippen LogP contribution is 2.28. The number of nitrogens with zero attached hydrogens (tertiary/aromatic N) is 1. The molecule has 0 aliphatic carbocycles. The number of quaternary nitrogens is 1. The average molecular weight is 412 g/mol. The van der Waals surface area contributed by atoms with E-state index in [9.17, 15) is 4.79 Å². The average Bonchev–Trinajstić information content (AvgIpc) is 2.80. The van der Waals surface area contributed by atoms with Crippen molar-refractivity contribution in [3.8, 4) is 11.5 Å². The maximum atomic E-state index is 12.6. The van der Waals surface area contributed by atoms with Gasteiger partial charge in [0.1, 0.15) is 13.2 Å². The zero-order valence-corrected chi connectivity index (χ0v) is 18.5. The van der Waals surface area contributed by atoms with Gasteiger partial charge in [0.25, 0.3) is 0 Å². The van der Waals surface area contributed by atoms with Gasteiger partial charge >= 0.3 is 0 Å². The minimum absolute atomic E-state index is 0.192. The van der Waals surface area contributed by atoms with Gasteiger partial charge in [0, 0.05) is 37.4 Å². The molecule has 3 rings (SSSR count). The molecule has 0 aromatic heterocycles. The lowest BCUT2D eigenvalue weighted by Gasteiger charge is -2.31. The van der Waals surface area contributed by atoms with Crippen molar-refractivity contribution in [2.24, 2.45) is 5.92 Å². The summed E-state index contributed by atoms with van der Waals surface area (Å²) >= 11 is 0. The van der Waals surface area contributed by atoms with Crippen LogP contribution in [-0.4, -0.2) is 44.1 Å². The molecule has 0 spiro atoms. The van der Waals surface area contributed by atoms with Crippen LogP contribution < -0.4 is 14.4 Å². The molecule has 1 aliphatic heterocycles. The normalized spacial score (nSPS) is 18.6. The van der Waals surface area contributed by atoms with Crippen LogP contribution in [0.2, 0.25) is 0 Å². The lowest BCUT2D eigenvalue weighted by molar-refractivity contribution is -0.919. The fourth-order valence-corrected chi connectivity index (χ4v) is 4.21. The molecule has 0 saturated carbocycles. The molecular formula is C25H35N2O3+. The molecule has 0 bridgehead atoms. The zero-order valence-electron chi connectivity index (χ0n) is 18.5. The largest absolute Gasteiger partial charge is 0.493 e. The second-order valence-electron chi connectivity index (χ2n) is 7.97. The van der Waals surface area contributed by atoms with Crippen LogP contribution in [0.1, 0.15) is 37.8 Å². The van der Waals surface area contributed by atoms with E-state index in [2.05, 4.69) is 38.1 Å². The van der Waals surface area contributed by atoms with Crippen LogP contribution in [-0.2, 0) is 17.9 Å². The number of nitrogens with one attached hydrogen (secondary N) is 1. The van der Waals surface area contributed by atoms with Gasteiger partial charge in [0.15, 0.2) is 11.5 Å². The Kier molecular flexibility index (Phi) is 8.14. The van der Waals surface area contributed by atoms with Gasteiger partial charge in [-0.1, -0.05) is 30.3 Å². The Hall–Kier alpha value is -2.53. The van der Waals surface area contributed by atoms with Crippen LogP contribution in [0.15, 0.2) is 48.5 Å². The summed E-state index contributed by atoms with van der Waals surface area (Å²) in [6.07, 6.45) is 1.94. The molecule has 162 valence electrons. The number of benzene rings is 2. The molecule has 30 heavy (non-hydrogen) atoms. The number of hydrogen-bond acceptors (Lipinski definition) is 3. The van der Waals surface area contributed by atoms with E-state index in [1.165, 1.54) is 10.5 Å². The van der Waals surface area contributed by atoms with Crippen LogP contribution in [0.4, 0.5) is 0 Å². The minimum Gasteiger partial charge on any atom is -0.493 e. The molecule has 1 N–H and O–H groups in total. The number of ether oxygens (including phenoxy) is 2. The van der Waals surface area contributed by atoms with Gasteiger partial charge in [-0.25, -0.2) is 0 Å². The highest BCUT2D eigenvalue weighted by molar-refractivity contribution is 5.78. The highest BCUT2D eigenvalue weighted by Gasteiger charge is 2.29. The molecule has 0 radical (unpaired) electrons. The zero-order chi connectivity index (χ0) is 21.3. The summed E-state index contributed by atoms with van der Waals surface area (Å²) in [4.78, 5) is 16.1. The van der Waals surface area contributed by atoms with Gasteiger partial charge in [0.2, 0.25) is 5.91 Å². The molecule has 5 nitrogen and oxygen atoms in total. The molecule has 2 aromatic rings. The maximum absolute atomic E-state index is 12.6. The van der Waals surface area contributed by atoms with Crippen molar-refractivity contribution in [3.63, 3.8) is 0 Å². The third kappa shape index (κ3) is 5.76. The van der Waals surface area contributed by atoms with Gasteiger partial charge in [-0.05, 0) is 37.6 Å². The molecule has 0 unspecified atom stereocenters. The predicted octanol–water partition coefficient (Wildman–Crippen LogP) is 2.94. The van der Waals surface area contributed by atoms with E-state index < -0.39 is 0 Å². The fourth-order valence-electron chi connectivity index (χ4n) is 4.21. The summed E-state index contributed by atoms with van der Waals surface area (Å²) in [6.45, 7) is 9.27. The van der Waals surface area contributed by atoms with Crippen molar-refractivity contribution in [2.45, 2.75) is 39.8 Å². The molecule has 1 aliphatic rings. The van der Waals surface area contributed by atoms with E-state index in [4.69, 9.17) is 9.47 Å². The Labute approximate surface area is 180 Å². The number of rotatable bonds is 9. The van der Waals surface area contributed by atoms with Crippen LogP contribution in [0.3, 0.4) is 0 Å². The second kappa shape index (κ2) is 11.0. The van der Waals surface area contributed by atoms with Crippen molar-refractivity contribution in [1.82, 2.24) is 4.90 Å². The van der Waals surface area contributed by atoms with Gasteiger partial charge in [0.05, 0.1) is 20.2 Å². The van der Waals surface area contributed by atoms with Gasteiger partial charge in [-0.15, -0.1) is 0 Å². The molecule has 1 amide bonds. The minimum atomic E-state index is 0.192. The number of carbonyl (C=O) groups excluding carboxylic acids is 1. The molecular weight excluding hydrogens is 376 g/mol. The van der Waals surface area contributed by atoms with Crippen molar-refractivity contribution < 1.29 is 19.2 Å². The summed E-state index contributed by atoms with van der Waals surface area (Å²) in [5.41, 5.74) is 2.37. The molecule has 1 saturated heterocycles. The second-order valence-corrected chi connectivity index (χ2v) is 7.97.